The number of aromatic nitrogens is 2. The van der Waals surface area contributed by atoms with Crippen molar-refractivity contribution in [2.24, 2.45) is 5.92 Å². The molecule has 1 saturated carbocycles. The summed E-state index contributed by atoms with van der Waals surface area (Å²) in [5.74, 6) is 1.44. The van der Waals surface area contributed by atoms with E-state index in [0.29, 0.717) is 12.0 Å². The van der Waals surface area contributed by atoms with Crippen LogP contribution in [0.15, 0.2) is 6.07 Å². The second-order valence-corrected chi connectivity index (χ2v) is 4.95. The number of nitrogens with zero attached hydrogens (tertiary/aromatic N) is 2. The van der Waals surface area contributed by atoms with E-state index in [1.165, 1.54) is 12.8 Å². The maximum Gasteiger partial charge on any atom is 0.225 e. The van der Waals surface area contributed by atoms with Crippen molar-refractivity contribution < 1.29 is 4.74 Å². The van der Waals surface area contributed by atoms with E-state index >= 15 is 0 Å². The summed E-state index contributed by atoms with van der Waals surface area (Å²) in [6.45, 7) is 4.19. The standard InChI is InChI=1S/C12H17ClN2O/c1-8-3-5-10(6-4-8)16-11-7-9(2)14-12(13)15-11/h7-8,10H,3-6H2,1-2H3. The second kappa shape index (κ2) is 5.00. The molecular weight excluding hydrogens is 224 g/mol. The summed E-state index contributed by atoms with van der Waals surface area (Å²) in [7, 11) is 0. The van der Waals surface area contributed by atoms with Crippen molar-refractivity contribution in [3.05, 3.63) is 17.0 Å². The Balaban J connectivity index is 1.98. The first-order valence-corrected chi connectivity index (χ1v) is 6.19. The highest BCUT2D eigenvalue weighted by Crippen LogP contribution is 2.26. The molecule has 88 valence electrons. The van der Waals surface area contributed by atoms with Crippen LogP contribution in [0, 0.1) is 12.8 Å². The Labute approximate surface area is 101 Å². The summed E-state index contributed by atoms with van der Waals surface area (Å²) >= 11 is 5.79. The summed E-state index contributed by atoms with van der Waals surface area (Å²) < 4.78 is 5.83. The minimum Gasteiger partial charge on any atom is -0.474 e. The van der Waals surface area contributed by atoms with Crippen molar-refractivity contribution in [2.75, 3.05) is 0 Å². The molecule has 1 aromatic heterocycles. The van der Waals surface area contributed by atoms with Crippen molar-refractivity contribution in [2.45, 2.75) is 45.6 Å². The summed E-state index contributed by atoms with van der Waals surface area (Å²) in [6, 6.07) is 1.84. The molecule has 3 nitrogen and oxygen atoms in total. The van der Waals surface area contributed by atoms with Crippen molar-refractivity contribution >= 4 is 11.6 Å². The molecule has 2 rings (SSSR count). The van der Waals surface area contributed by atoms with Gasteiger partial charge in [0.1, 0.15) is 6.10 Å². The molecule has 0 radical (unpaired) electrons. The van der Waals surface area contributed by atoms with Gasteiger partial charge in [-0.05, 0) is 50.1 Å². The molecule has 0 aliphatic heterocycles. The molecule has 16 heavy (non-hydrogen) atoms. The predicted molar refractivity (Wildman–Crippen MR) is 63.8 cm³/mol. The average Bonchev–Trinajstić information content (AvgIpc) is 2.20. The molecule has 0 bridgehead atoms. The van der Waals surface area contributed by atoms with Gasteiger partial charge in [0.2, 0.25) is 11.2 Å². The molecule has 1 aliphatic carbocycles. The third kappa shape index (κ3) is 3.08. The van der Waals surface area contributed by atoms with Gasteiger partial charge in [-0.3, -0.25) is 0 Å². The van der Waals surface area contributed by atoms with Crippen LogP contribution in [0.25, 0.3) is 0 Å². The maximum atomic E-state index is 5.83. The lowest BCUT2D eigenvalue weighted by molar-refractivity contribution is 0.130. The molecule has 0 aromatic carbocycles. The molecule has 1 fully saturated rings. The van der Waals surface area contributed by atoms with Gasteiger partial charge in [0.05, 0.1) is 0 Å². The Morgan fingerprint density at radius 2 is 1.94 bits per heavy atom. The molecule has 0 unspecified atom stereocenters. The van der Waals surface area contributed by atoms with Gasteiger partial charge in [-0.1, -0.05) is 6.92 Å². The van der Waals surface area contributed by atoms with Crippen LogP contribution >= 0.6 is 11.6 Å². The van der Waals surface area contributed by atoms with Crippen molar-refractivity contribution in [3.8, 4) is 5.88 Å². The topological polar surface area (TPSA) is 35.0 Å². The Morgan fingerprint density at radius 3 is 2.56 bits per heavy atom. The summed E-state index contributed by atoms with van der Waals surface area (Å²) in [4.78, 5) is 8.09. The Kier molecular flexibility index (Phi) is 3.64. The fourth-order valence-electron chi connectivity index (χ4n) is 2.08. The molecule has 0 atom stereocenters. The number of hydrogen-bond acceptors (Lipinski definition) is 3. The minimum atomic E-state index is 0.263. The highest BCUT2D eigenvalue weighted by Gasteiger charge is 2.20. The van der Waals surface area contributed by atoms with E-state index < -0.39 is 0 Å². The monoisotopic (exact) mass is 240 g/mol. The number of rotatable bonds is 2. The Bertz CT molecular complexity index is 342. The first kappa shape index (κ1) is 11.6. The first-order chi connectivity index (χ1) is 7.63. The van der Waals surface area contributed by atoms with Crippen LogP contribution in [-0.2, 0) is 0 Å². The van der Waals surface area contributed by atoms with E-state index in [0.717, 1.165) is 24.5 Å². The van der Waals surface area contributed by atoms with Crippen LogP contribution in [0.3, 0.4) is 0 Å². The lowest BCUT2D eigenvalue weighted by Crippen LogP contribution is -2.23. The van der Waals surface area contributed by atoms with E-state index in [-0.39, 0.29) is 5.28 Å². The highest BCUT2D eigenvalue weighted by molar-refractivity contribution is 6.28. The highest BCUT2D eigenvalue weighted by atomic mass is 35.5. The van der Waals surface area contributed by atoms with Crippen molar-refractivity contribution in [1.82, 2.24) is 9.97 Å². The molecule has 1 aromatic rings. The molecule has 4 heteroatoms. The molecule has 1 heterocycles. The van der Waals surface area contributed by atoms with E-state index in [1.807, 2.05) is 13.0 Å². The van der Waals surface area contributed by atoms with Gasteiger partial charge in [0.15, 0.2) is 0 Å². The van der Waals surface area contributed by atoms with Gasteiger partial charge in [-0.15, -0.1) is 0 Å². The van der Waals surface area contributed by atoms with Crippen LogP contribution in [0.4, 0.5) is 0 Å². The SMILES string of the molecule is Cc1cc(OC2CCC(C)CC2)nc(Cl)n1. The normalized spacial score (nSPS) is 25.4. The fourth-order valence-corrected chi connectivity index (χ4v) is 2.30. The number of aryl methyl sites for hydroxylation is 1. The van der Waals surface area contributed by atoms with Crippen molar-refractivity contribution in [3.63, 3.8) is 0 Å². The van der Waals surface area contributed by atoms with Crippen LogP contribution in [0.5, 0.6) is 5.88 Å². The van der Waals surface area contributed by atoms with Gasteiger partial charge in [-0.2, -0.15) is 4.98 Å². The van der Waals surface area contributed by atoms with Crippen LogP contribution in [0.2, 0.25) is 5.28 Å². The smallest absolute Gasteiger partial charge is 0.225 e. The average molecular weight is 241 g/mol. The summed E-state index contributed by atoms with van der Waals surface area (Å²) in [5.41, 5.74) is 0.846. The zero-order chi connectivity index (χ0) is 11.5. The van der Waals surface area contributed by atoms with E-state index in [4.69, 9.17) is 16.3 Å². The maximum absolute atomic E-state index is 5.83. The van der Waals surface area contributed by atoms with Gasteiger partial charge in [0.25, 0.3) is 0 Å². The number of hydrogen-bond donors (Lipinski definition) is 0. The predicted octanol–water partition coefficient (Wildman–Crippen LogP) is 3.40. The van der Waals surface area contributed by atoms with Crippen molar-refractivity contribution in [1.29, 1.82) is 0 Å². The molecule has 0 amide bonds. The largest absolute Gasteiger partial charge is 0.474 e. The quantitative estimate of drug-likeness (QED) is 0.744. The van der Waals surface area contributed by atoms with Gasteiger partial charge >= 0.3 is 0 Å². The third-order valence-corrected chi connectivity index (χ3v) is 3.22. The van der Waals surface area contributed by atoms with E-state index in [2.05, 4.69) is 16.9 Å². The van der Waals surface area contributed by atoms with E-state index in [9.17, 15) is 0 Å². The van der Waals surface area contributed by atoms with Crippen LogP contribution in [-0.4, -0.2) is 16.1 Å². The Morgan fingerprint density at radius 1 is 1.25 bits per heavy atom. The molecule has 0 saturated heterocycles. The molecular formula is C12H17ClN2O. The van der Waals surface area contributed by atoms with Crippen LogP contribution in [0.1, 0.15) is 38.3 Å². The first-order valence-electron chi connectivity index (χ1n) is 5.81. The third-order valence-electron chi connectivity index (χ3n) is 3.05. The Hall–Kier alpha value is -0.830. The van der Waals surface area contributed by atoms with Crippen LogP contribution < -0.4 is 4.74 Å². The summed E-state index contributed by atoms with van der Waals surface area (Å²) in [5, 5.41) is 0.263. The van der Waals surface area contributed by atoms with Gasteiger partial charge < -0.3 is 4.74 Å². The number of halogens is 1. The van der Waals surface area contributed by atoms with Gasteiger partial charge in [0, 0.05) is 11.8 Å². The zero-order valence-corrected chi connectivity index (χ0v) is 10.5. The number of ether oxygens (including phenoxy) is 1. The molecule has 0 spiro atoms. The lowest BCUT2D eigenvalue weighted by Gasteiger charge is -2.26. The fraction of sp³-hybridized carbons (Fsp3) is 0.667. The zero-order valence-electron chi connectivity index (χ0n) is 9.74. The minimum absolute atomic E-state index is 0.263. The molecule has 0 N–H and O–H groups in total. The summed E-state index contributed by atoms with van der Waals surface area (Å²) in [6.07, 6.45) is 5.00. The molecule has 1 aliphatic rings. The van der Waals surface area contributed by atoms with Gasteiger partial charge in [-0.25, -0.2) is 4.98 Å². The lowest BCUT2D eigenvalue weighted by atomic mass is 9.89. The second-order valence-electron chi connectivity index (χ2n) is 4.62. The van der Waals surface area contributed by atoms with E-state index in [1.54, 1.807) is 0 Å².